The summed E-state index contributed by atoms with van der Waals surface area (Å²) in [6.45, 7) is 4.92. The Hall–Kier alpha value is -4.17. The van der Waals surface area contributed by atoms with Crippen molar-refractivity contribution in [1.82, 2.24) is 20.4 Å². The van der Waals surface area contributed by atoms with Gasteiger partial charge in [0, 0.05) is 44.2 Å². The number of likely N-dealkylation sites (tertiary alicyclic amines) is 1. The van der Waals surface area contributed by atoms with Crippen molar-refractivity contribution in [3.05, 3.63) is 102 Å². The van der Waals surface area contributed by atoms with Gasteiger partial charge in [-0.2, -0.15) is 0 Å². The lowest BCUT2D eigenvalue weighted by Gasteiger charge is -2.36. The molecule has 5 rings (SSSR count). The van der Waals surface area contributed by atoms with Gasteiger partial charge in [-0.1, -0.05) is 79.7 Å². The van der Waals surface area contributed by atoms with Crippen LogP contribution in [0.25, 0.3) is 0 Å². The fraction of sp³-hybridized carbons (Fsp3) is 0.364. The molecule has 2 aliphatic rings. The van der Waals surface area contributed by atoms with Crippen molar-refractivity contribution in [3.63, 3.8) is 0 Å². The lowest BCUT2D eigenvalue weighted by Crippen LogP contribution is -2.56. The van der Waals surface area contributed by atoms with Crippen molar-refractivity contribution in [2.75, 3.05) is 39.8 Å². The number of nitrogens with zero attached hydrogens (tertiary/aromatic N) is 2. The first-order valence-corrected chi connectivity index (χ1v) is 14.4. The summed E-state index contributed by atoms with van der Waals surface area (Å²) >= 11 is 0. The number of amides is 3. The molecule has 0 radical (unpaired) electrons. The second kappa shape index (κ2) is 13.0. The van der Waals surface area contributed by atoms with Crippen LogP contribution in [-0.2, 0) is 4.79 Å². The van der Waals surface area contributed by atoms with E-state index in [0.717, 1.165) is 17.5 Å². The SMILES string of the molecule is CCCNC(=O)N1C(C(=O)N2CCNCC2)C(c2ccccc2)C(C(=O)c2ccccc2)C1c1ccc(OC)cc1. The minimum atomic E-state index is -0.864. The first-order valence-electron chi connectivity index (χ1n) is 14.4. The van der Waals surface area contributed by atoms with E-state index in [1.165, 1.54) is 0 Å². The minimum absolute atomic E-state index is 0.0934. The molecule has 0 spiro atoms. The summed E-state index contributed by atoms with van der Waals surface area (Å²) in [5.41, 5.74) is 2.20. The molecule has 0 bridgehead atoms. The van der Waals surface area contributed by atoms with E-state index in [1.807, 2.05) is 96.8 Å². The summed E-state index contributed by atoms with van der Waals surface area (Å²) in [5.74, 6) is -0.797. The summed E-state index contributed by atoms with van der Waals surface area (Å²) in [4.78, 5) is 46.6. The Bertz CT molecular complexity index is 1330. The number of hydrogen-bond acceptors (Lipinski definition) is 5. The molecule has 4 unspecified atom stereocenters. The zero-order valence-electron chi connectivity index (χ0n) is 23.7. The van der Waals surface area contributed by atoms with Gasteiger partial charge in [0.25, 0.3) is 0 Å². The Labute approximate surface area is 241 Å². The van der Waals surface area contributed by atoms with Crippen molar-refractivity contribution < 1.29 is 19.1 Å². The quantitative estimate of drug-likeness (QED) is 0.406. The maximum Gasteiger partial charge on any atom is 0.318 e. The largest absolute Gasteiger partial charge is 0.497 e. The van der Waals surface area contributed by atoms with Crippen LogP contribution < -0.4 is 15.4 Å². The van der Waals surface area contributed by atoms with E-state index in [4.69, 9.17) is 4.74 Å². The third-order valence-electron chi connectivity index (χ3n) is 8.11. The Morgan fingerprint density at radius 2 is 1.51 bits per heavy atom. The zero-order valence-corrected chi connectivity index (χ0v) is 23.7. The van der Waals surface area contributed by atoms with Crippen LogP contribution in [0.1, 0.15) is 46.8 Å². The standard InChI is InChI=1S/C33H38N4O4/c1-3-18-35-33(40)37-29(24-14-16-26(41-2)17-15-24)28(31(38)25-12-8-5-9-13-25)27(23-10-6-4-7-11-23)30(37)32(39)36-21-19-34-20-22-36/h4-17,27-30,34H,3,18-22H2,1-2H3,(H,35,40). The van der Waals surface area contributed by atoms with Crippen molar-refractivity contribution in [2.24, 2.45) is 5.92 Å². The molecule has 0 aromatic heterocycles. The van der Waals surface area contributed by atoms with Crippen molar-refractivity contribution in [3.8, 4) is 5.75 Å². The van der Waals surface area contributed by atoms with Crippen LogP contribution in [0.2, 0.25) is 0 Å². The number of rotatable bonds is 8. The molecule has 2 heterocycles. The number of benzene rings is 3. The zero-order chi connectivity index (χ0) is 28.8. The van der Waals surface area contributed by atoms with Gasteiger partial charge in [-0.3, -0.25) is 9.59 Å². The third kappa shape index (κ3) is 5.84. The molecule has 0 saturated carbocycles. The molecular weight excluding hydrogens is 516 g/mol. The molecule has 4 atom stereocenters. The van der Waals surface area contributed by atoms with Gasteiger partial charge >= 0.3 is 6.03 Å². The third-order valence-corrected chi connectivity index (χ3v) is 8.11. The van der Waals surface area contributed by atoms with Crippen LogP contribution in [0.15, 0.2) is 84.9 Å². The van der Waals surface area contributed by atoms with Gasteiger partial charge in [-0.05, 0) is 29.7 Å². The monoisotopic (exact) mass is 554 g/mol. The van der Waals surface area contributed by atoms with Crippen LogP contribution in [-0.4, -0.2) is 73.4 Å². The molecule has 8 heteroatoms. The van der Waals surface area contributed by atoms with E-state index in [2.05, 4.69) is 10.6 Å². The Balaban J connectivity index is 1.73. The summed E-state index contributed by atoms with van der Waals surface area (Å²) in [6.07, 6.45) is 0.748. The van der Waals surface area contributed by atoms with Crippen LogP contribution >= 0.6 is 0 Å². The minimum Gasteiger partial charge on any atom is -0.497 e. The average Bonchev–Trinajstić information content (AvgIpc) is 3.40. The van der Waals surface area contributed by atoms with Gasteiger partial charge in [0.1, 0.15) is 11.8 Å². The number of carbonyl (C=O) groups is 3. The number of carbonyl (C=O) groups excluding carboxylic acids is 3. The molecule has 41 heavy (non-hydrogen) atoms. The Morgan fingerprint density at radius 1 is 0.878 bits per heavy atom. The lowest BCUT2D eigenvalue weighted by molar-refractivity contribution is -0.136. The van der Waals surface area contributed by atoms with Crippen molar-refractivity contribution >= 4 is 17.7 Å². The Kier molecular flexibility index (Phi) is 8.99. The fourth-order valence-corrected chi connectivity index (χ4v) is 6.17. The number of Topliss-reactive ketones (excluding diaryl/α,β-unsaturated/α-hetero) is 1. The van der Waals surface area contributed by atoms with E-state index < -0.39 is 23.9 Å². The highest BCUT2D eigenvalue weighted by Gasteiger charge is 2.58. The molecule has 0 aliphatic carbocycles. The molecule has 214 valence electrons. The molecule has 8 nitrogen and oxygen atoms in total. The first kappa shape index (κ1) is 28.4. The summed E-state index contributed by atoms with van der Waals surface area (Å²) in [5, 5.41) is 6.33. The average molecular weight is 555 g/mol. The number of nitrogens with one attached hydrogen (secondary N) is 2. The first-order chi connectivity index (χ1) is 20.0. The second-order valence-electron chi connectivity index (χ2n) is 10.6. The normalized spacial score (nSPS) is 22.3. The topological polar surface area (TPSA) is 91.0 Å². The molecule has 3 amide bonds. The van der Waals surface area contributed by atoms with Crippen molar-refractivity contribution in [1.29, 1.82) is 0 Å². The van der Waals surface area contributed by atoms with Gasteiger partial charge in [0.15, 0.2) is 5.78 Å². The molecule has 3 aromatic carbocycles. The number of methoxy groups -OCH3 is 1. The summed E-state index contributed by atoms with van der Waals surface area (Å²) < 4.78 is 5.41. The lowest BCUT2D eigenvalue weighted by atomic mass is 9.76. The van der Waals surface area contributed by atoms with E-state index in [1.54, 1.807) is 12.0 Å². The molecule has 2 saturated heterocycles. The van der Waals surface area contributed by atoms with E-state index in [9.17, 15) is 14.4 Å². The fourth-order valence-electron chi connectivity index (χ4n) is 6.17. The maximum atomic E-state index is 14.5. The Morgan fingerprint density at radius 3 is 2.12 bits per heavy atom. The summed E-state index contributed by atoms with van der Waals surface area (Å²) in [7, 11) is 1.60. The van der Waals surface area contributed by atoms with E-state index in [0.29, 0.717) is 44.0 Å². The van der Waals surface area contributed by atoms with Gasteiger partial charge in [0.05, 0.1) is 19.1 Å². The van der Waals surface area contributed by atoms with Gasteiger partial charge in [-0.15, -0.1) is 0 Å². The van der Waals surface area contributed by atoms with Crippen LogP contribution in [0.4, 0.5) is 4.79 Å². The number of hydrogen-bond donors (Lipinski definition) is 2. The number of ether oxygens (including phenoxy) is 1. The number of piperazine rings is 1. The molecule has 3 aromatic rings. The smallest absolute Gasteiger partial charge is 0.318 e. The van der Waals surface area contributed by atoms with E-state index >= 15 is 0 Å². The van der Waals surface area contributed by atoms with Crippen LogP contribution in [0.3, 0.4) is 0 Å². The summed E-state index contributed by atoms with van der Waals surface area (Å²) in [6, 6.07) is 24.5. The van der Waals surface area contributed by atoms with Gasteiger partial charge in [-0.25, -0.2) is 4.79 Å². The predicted molar refractivity (Wildman–Crippen MR) is 158 cm³/mol. The number of ketones is 1. The van der Waals surface area contributed by atoms with Gasteiger partial charge in [0.2, 0.25) is 5.91 Å². The maximum absolute atomic E-state index is 14.5. The van der Waals surface area contributed by atoms with E-state index in [-0.39, 0.29) is 17.7 Å². The predicted octanol–water partition coefficient (Wildman–Crippen LogP) is 4.25. The van der Waals surface area contributed by atoms with Crippen molar-refractivity contribution in [2.45, 2.75) is 31.3 Å². The molecule has 2 aliphatic heterocycles. The highest BCUT2D eigenvalue weighted by Crippen LogP contribution is 2.51. The highest BCUT2D eigenvalue weighted by atomic mass is 16.5. The molecular formula is C33H38N4O4. The van der Waals surface area contributed by atoms with Crippen LogP contribution in [0.5, 0.6) is 5.75 Å². The highest BCUT2D eigenvalue weighted by molar-refractivity contribution is 6.01. The van der Waals surface area contributed by atoms with Crippen LogP contribution in [0, 0.1) is 5.92 Å². The molecule has 2 N–H and O–H groups in total. The second-order valence-corrected chi connectivity index (χ2v) is 10.6. The van der Waals surface area contributed by atoms with Gasteiger partial charge < -0.3 is 25.2 Å². The number of urea groups is 1. The molecule has 2 fully saturated rings.